The maximum absolute atomic E-state index is 11.8. The zero-order valence-corrected chi connectivity index (χ0v) is 12.5. The van der Waals surface area contributed by atoms with Gasteiger partial charge in [-0.05, 0) is 61.9 Å². The van der Waals surface area contributed by atoms with Gasteiger partial charge in [0.05, 0.1) is 0 Å². The molecule has 0 saturated carbocycles. The molecule has 1 aliphatic heterocycles. The number of piperidine rings is 1. The van der Waals surface area contributed by atoms with Crippen molar-refractivity contribution in [3.8, 4) is 0 Å². The zero-order valence-electron chi connectivity index (χ0n) is 12.5. The van der Waals surface area contributed by atoms with E-state index < -0.39 is 0 Å². The summed E-state index contributed by atoms with van der Waals surface area (Å²) in [5.74, 6) is 0.560. The SMILES string of the molecule is CNC(=O)C[C@@H]1CC2(CCN(C)CC2)c2ccccc21. The summed E-state index contributed by atoms with van der Waals surface area (Å²) >= 11 is 0. The number of nitrogens with zero attached hydrogens (tertiary/aromatic N) is 1. The minimum absolute atomic E-state index is 0.162. The van der Waals surface area contributed by atoms with Gasteiger partial charge in [-0.25, -0.2) is 0 Å². The summed E-state index contributed by atoms with van der Waals surface area (Å²) < 4.78 is 0. The predicted molar refractivity (Wildman–Crippen MR) is 80.9 cm³/mol. The molecule has 20 heavy (non-hydrogen) atoms. The molecule has 1 aromatic carbocycles. The van der Waals surface area contributed by atoms with Crippen LogP contribution in [0.4, 0.5) is 0 Å². The molecular formula is C17H24N2O. The second-order valence-electron chi connectivity index (χ2n) is 6.45. The largest absolute Gasteiger partial charge is 0.359 e. The van der Waals surface area contributed by atoms with E-state index in [-0.39, 0.29) is 5.91 Å². The molecule has 1 heterocycles. The van der Waals surface area contributed by atoms with Gasteiger partial charge >= 0.3 is 0 Å². The molecule has 1 N–H and O–H groups in total. The van der Waals surface area contributed by atoms with Crippen LogP contribution < -0.4 is 5.32 Å². The van der Waals surface area contributed by atoms with Crippen molar-refractivity contribution in [3.05, 3.63) is 35.4 Å². The summed E-state index contributed by atoms with van der Waals surface area (Å²) in [6.45, 7) is 2.34. The fraction of sp³-hybridized carbons (Fsp3) is 0.588. The average Bonchev–Trinajstić information content (AvgIpc) is 2.77. The molecular weight excluding hydrogens is 248 g/mol. The molecule has 3 heteroatoms. The molecule has 3 rings (SSSR count). The lowest BCUT2D eigenvalue weighted by atomic mass is 9.73. The second-order valence-corrected chi connectivity index (χ2v) is 6.45. The van der Waals surface area contributed by atoms with Gasteiger partial charge in [0.15, 0.2) is 0 Å². The third-order valence-electron chi connectivity index (χ3n) is 5.26. The summed E-state index contributed by atoms with van der Waals surface area (Å²) in [5, 5.41) is 2.77. The molecule has 1 atom stereocenters. The molecule has 1 aromatic rings. The van der Waals surface area contributed by atoms with E-state index in [0.29, 0.717) is 17.8 Å². The highest BCUT2D eigenvalue weighted by molar-refractivity contribution is 5.77. The monoisotopic (exact) mass is 272 g/mol. The Morgan fingerprint density at radius 1 is 1.35 bits per heavy atom. The fourth-order valence-electron chi connectivity index (χ4n) is 4.06. The highest BCUT2D eigenvalue weighted by Crippen LogP contribution is 2.52. The highest BCUT2D eigenvalue weighted by atomic mass is 16.1. The Bertz CT molecular complexity index is 503. The first-order valence-electron chi connectivity index (χ1n) is 7.63. The summed E-state index contributed by atoms with van der Waals surface area (Å²) in [4.78, 5) is 14.2. The fourth-order valence-corrected chi connectivity index (χ4v) is 4.06. The Kier molecular flexibility index (Phi) is 3.55. The van der Waals surface area contributed by atoms with Crippen molar-refractivity contribution in [2.45, 2.75) is 37.0 Å². The molecule has 0 bridgehead atoms. The van der Waals surface area contributed by atoms with Crippen molar-refractivity contribution >= 4 is 5.91 Å². The van der Waals surface area contributed by atoms with Gasteiger partial charge in [0.1, 0.15) is 0 Å². The third-order valence-corrected chi connectivity index (χ3v) is 5.26. The van der Waals surface area contributed by atoms with Gasteiger partial charge in [-0.2, -0.15) is 0 Å². The van der Waals surface area contributed by atoms with Crippen LogP contribution in [0.15, 0.2) is 24.3 Å². The van der Waals surface area contributed by atoms with Crippen LogP contribution in [0.2, 0.25) is 0 Å². The number of carbonyl (C=O) groups is 1. The molecule has 1 saturated heterocycles. The normalized spacial score (nSPS) is 24.6. The standard InChI is InChI=1S/C17H24N2O/c1-18-16(20)11-13-12-17(7-9-19(2)10-8-17)15-6-4-3-5-14(13)15/h3-6,13H,7-12H2,1-2H3,(H,18,20)/t13-/m1/s1. The minimum Gasteiger partial charge on any atom is -0.359 e. The Morgan fingerprint density at radius 3 is 2.75 bits per heavy atom. The van der Waals surface area contributed by atoms with Crippen molar-refractivity contribution < 1.29 is 4.79 Å². The van der Waals surface area contributed by atoms with E-state index in [1.807, 2.05) is 0 Å². The van der Waals surface area contributed by atoms with Crippen molar-refractivity contribution in [3.63, 3.8) is 0 Å². The van der Waals surface area contributed by atoms with Crippen molar-refractivity contribution in [2.24, 2.45) is 0 Å². The second kappa shape index (κ2) is 5.21. The lowest BCUT2D eigenvalue weighted by Gasteiger charge is -2.39. The smallest absolute Gasteiger partial charge is 0.220 e. The number of hydrogen-bond donors (Lipinski definition) is 1. The number of hydrogen-bond acceptors (Lipinski definition) is 2. The summed E-state index contributed by atoms with van der Waals surface area (Å²) in [7, 11) is 3.93. The van der Waals surface area contributed by atoms with Crippen LogP contribution in [0, 0.1) is 0 Å². The van der Waals surface area contributed by atoms with E-state index in [2.05, 4.69) is 41.5 Å². The molecule has 0 unspecified atom stereocenters. The predicted octanol–water partition coefficient (Wildman–Crippen LogP) is 2.27. The van der Waals surface area contributed by atoms with E-state index in [1.165, 1.54) is 37.1 Å². The van der Waals surface area contributed by atoms with Crippen molar-refractivity contribution in [2.75, 3.05) is 27.2 Å². The number of carbonyl (C=O) groups excluding carboxylic acids is 1. The number of fused-ring (bicyclic) bond motifs is 2. The van der Waals surface area contributed by atoms with Crippen LogP contribution in [0.1, 0.15) is 42.7 Å². The summed E-state index contributed by atoms with van der Waals surface area (Å²) in [6.07, 6.45) is 4.23. The maximum Gasteiger partial charge on any atom is 0.220 e. The Hall–Kier alpha value is -1.35. The Balaban J connectivity index is 1.90. The average molecular weight is 272 g/mol. The van der Waals surface area contributed by atoms with Crippen LogP contribution in [0.5, 0.6) is 0 Å². The molecule has 1 fully saturated rings. The first kappa shape index (κ1) is 13.6. The molecule has 1 spiro atoms. The summed E-state index contributed by atoms with van der Waals surface area (Å²) in [6, 6.07) is 8.80. The van der Waals surface area contributed by atoms with Crippen LogP contribution in [0.3, 0.4) is 0 Å². The zero-order chi connectivity index (χ0) is 14.2. The van der Waals surface area contributed by atoms with Crippen LogP contribution in [0.25, 0.3) is 0 Å². The van der Waals surface area contributed by atoms with Crippen LogP contribution in [-0.2, 0) is 10.2 Å². The third kappa shape index (κ3) is 2.24. The number of amides is 1. The van der Waals surface area contributed by atoms with Gasteiger partial charge in [-0.15, -0.1) is 0 Å². The van der Waals surface area contributed by atoms with Crippen molar-refractivity contribution in [1.82, 2.24) is 10.2 Å². The van der Waals surface area contributed by atoms with Gasteiger partial charge in [0.25, 0.3) is 0 Å². The Labute approximate surface area is 121 Å². The molecule has 1 aliphatic carbocycles. The van der Waals surface area contributed by atoms with Crippen LogP contribution in [-0.4, -0.2) is 38.0 Å². The van der Waals surface area contributed by atoms with E-state index in [0.717, 1.165) is 6.42 Å². The number of benzene rings is 1. The quantitative estimate of drug-likeness (QED) is 0.896. The topological polar surface area (TPSA) is 32.3 Å². The number of nitrogens with one attached hydrogen (secondary N) is 1. The molecule has 0 radical (unpaired) electrons. The van der Waals surface area contributed by atoms with Crippen molar-refractivity contribution in [1.29, 1.82) is 0 Å². The van der Waals surface area contributed by atoms with E-state index in [4.69, 9.17) is 0 Å². The maximum atomic E-state index is 11.8. The number of likely N-dealkylation sites (tertiary alicyclic amines) is 1. The Morgan fingerprint density at radius 2 is 2.05 bits per heavy atom. The van der Waals surface area contributed by atoms with E-state index >= 15 is 0 Å². The minimum atomic E-state index is 0.162. The van der Waals surface area contributed by atoms with Crippen LogP contribution >= 0.6 is 0 Å². The number of rotatable bonds is 2. The first-order chi connectivity index (χ1) is 9.64. The molecule has 108 valence electrons. The molecule has 0 aromatic heterocycles. The van der Waals surface area contributed by atoms with E-state index in [9.17, 15) is 4.79 Å². The molecule has 1 amide bonds. The molecule has 2 aliphatic rings. The van der Waals surface area contributed by atoms with Gasteiger partial charge in [0, 0.05) is 13.5 Å². The lowest BCUT2D eigenvalue weighted by molar-refractivity contribution is -0.121. The van der Waals surface area contributed by atoms with Gasteiger partial charge in [-0.3, -0.25) is 4.79 Å². The lowest BCUT2D eigenvalue weighted by Crippen LogP contribution is -2.39. The van der Waals surface area contributed by atoms with Gasteiger partial charge in [-0.1, -0.05) is 24.3 Å². The summed E-state index contributed by atoms with van der Waals surface area (Å²) in [5.41, 5.74) is 3.25. The van der Waals surface area contributed by atoms with Gasteiger partial charge < -0.3 is 10.2 Å². The molecule has 3 nitrogen and oxygen atoms in total. The van der Waals surface area contributed by atoms with E-state index in [1.54, 1.807) is 7.05 Å². The highest BCUT2D eigenvalue weighted by Gasteiger charge is 2.44. The van der Waals surface area contributed by atoms with Gasteiger partial charge in [0.2, 0.25) is 5.91 Å². The first-order valence-corrected chi connectivity index (χ1v) is 7.63.